The quantitative estimate of drug-likeness (QED) is 0.870. The molecule has 2 aromatic rings. The maximum absolute atomic E-state index is 12.2. The van der Waals surface area contributed by atoms with Crippen molar-refractivity contribution in [1.82, 2.24) is 9.78 Å². The number of nitrogens with zero attached hydrogens (tertiary/aromatic N) is 2. The number of hydrogen-bond acceptors (Lipinski definition) is 3. The lowest BCUT2D eigenvalue weighted by Crippen LogP contribution is -2.28. The van der Waals surface area contributed by atoms with Gasteiger partial charge in [0.05, 0.1) is 31.1 Å². The largest absolute Gasteiger partial charge is 0.497 e. The molecule has 1 aliphatic rings. The summed E-state index contributed by atoms with van der Waals surface area (Å²) in [4.78, 5) is 12.2. The van der Waals surface area contributed by atoms with Crippen molar-refractivity contribution in [2.45, 2.75) is 33.2 Å². The first-order valence-electron chi connectivity index (χ1n) is 7.19. The molecule has 0 unspecified atom stereocenters. The Morgan fingerprint density at radius 2 is 1.95 bits per heavy atom. The molecule has 0 bridgehead atoms. The second-order valence-electron chi connectivity index (χ2n) is 6.45. The maximum Gasteiger partial charge on any atom is 0.166 e. The molecule has 1 aliphatic carbocycles. The minimum absolute atomic E-state index is 0.0156. The number of benzene rings is 1. The first-order chi connectivity index (χ1) is 9.98. The second-order valence-corrected chi connectivity index (χ2v) is 6.45. The molecule has 110 valence electrons. The third kappa shape index (κ3) is 2.71. The Kier molecular flexibility index (Phi) is 3.32. The predicted molar refractivity (Wildman–Crippen MR) is 80.8 cm³/mol. The summed E-state index contributed by atoms with van der Waals surface area (Å²) in [5.41, 5.74) is 3.02. The van der Waals surface area contributed by atoms with Crippen molar-refractivity contribution in [1.29, 1.82) is 0 Å². The molecule has 1 heterocycles. The minimum Gasteiger partial charge on any atom is -0.497 e. The zero-order chi connectivity index (χ0) is 15.0. The van der Waals surface area contributed by atoms with Gasteiger partial charge in [-0.2, -0.15) is 5.10 Å². The standard InChI is InChI=1S/C17H20N2O2/c1-17(2)8-15-14(16(20)9-17)10-18-19(15)11-12-4-6-13(21-3)7-5-12/h4-7,10H,8-9,11H2,1-3H3. The number of carbonyl (C=O) groups is 1. The number of hydrogen-bond donors (Lipinski definition) is 0. The van der Waals surface area contributed by atoms with Crippen molar-refractivity contribution < 1.29 is 9.53 Å². The molecule has 0 amide bonds. The normalized spacial score (nSPS) is 16.6. The van der Waals surface area contributed by atoms with E-state index in [1.807, 2.05) is 28.9 Å². The van der Waals surface area contributed by atoms with Crippen LogP contribution in [0.5, 0.6) is 5.75 Å². The van der Waals surface area contributed by atoms with Crippen molar-refractivity contribution in [2.24, 2.45) is 5.41 Å². The number of fused-ring (bicyclic) bond motifs is 1. The molecule has 3 rings (SSSR count). The lowest BCUT2D eigenvalue weighted by atomic mass is 9.76. The summed E-state index contributed by atoms with van der Waals surface area (Å²) in [5, 5.41) is 4.42. The van der Waals surface area contributed by atoms with Crippen LogP contribution in [-0.4, -0.2) is 22.7 Å². The summed E-state index contributed by atoms with van der Waals surface area (Å²) >= 11 is 0. The van der Waals surface area contributed by atoms with Crippen molar-refractivity contribution in [3.63, 3.8) is 0 Å². The van der Waals surface area contributed by atoms with E-state index in [1.165, 1.54) is 0 Å². The summed E-state index contributed by atoms with van der Waals surface area (Å²) in [6.07, 6.45) is 3.22. The zero-order valence-corrected chi connectivity index (χ0v) is 12.7. The summed E-state index contributed by atoms with van der Waals surface area (Å²) in [7, 11) is 1.66. The Morgan fingerprint density at radius 1 is 1.24 bits per heavy atom. The Labute approximate surface area is 124 Å². The number of Topliss-reactive ketones (excluding diaryl/α,β-unsaturated/α-hetero) is 1. The summed E-state index contributed by atoms with van der Waals surface area (Å²) in [5.74, 6) is 1.06. The number of methoxy groups -OCH3 is 1. The first-order valence-corrected chi connectivity index (χ1v) is 7.19. The number of ketones is 1. The second kappa shape index (κ2) is 5.02. The van der Waals surface area contributed by atoms with Gasteiger partial charge in [-0.05, 0) is 29.5 Å². The maximum atomic E-state index is 12.2. The van der Waals surface area contributed by atoms with Gasteiger partial charge >= 0.3 is 0 Å². The van der Waals surface area contributed by atoms with Gasteiger partial charge in [0.15, 0.2) is 5.78 Å². The van der Waals surface area contributed by atoms with E-state index in [9.17, 15) is 4.79 Å². The molecule has 0 saturated carbocycles. The Balaban J connectivity index is 1.88. The van der Waals surface area contributed by atoms with Gasteiger partial charge in [-0.15, -0.1) is 0 Å². The van der Waals surface area contributed by atoms with Gasteiger partial charge in [-0.1, -0.05) is 26.0 Å². The molecule has 0 radical (unpaired) electrons. The molecule has 21 heavy (non-hydrogen) atoms. The molecule has 4 nitrogen and oxygen atoms in total. The molecule has 0 aliphatic heterocycles. The van der Waals surface area contributed by atoms with Crippen LogP contribution in [0.25, 0.3) is 0 Å². The number of carbonyl (C=O) groups excluding carboxylic acids is 1. The fraction of sp³-hybridized carbons (Fsp3) is 0.412. The van der Waals surface area contributed by atoms with Crippen LogP contribution in [-0.2, 0) is 13.0 Å². The lowest BCUT2D eigenvalue weighted by Gasteiger charge is -2.29. The number of aromatic nitrogens is 2. The van der Waals surface area contributed by atoms with Crippen LogP contribution in [0.4, 0.5) is 0 Å². The van der Waals surface area contributed by atoms with Gasteiger partial charge < -0.3 is 4.74 Å². The van der Waals surface area contributed by atoms with E-state index in [4.69, 9.17) is 4.74 Å². The van der Waals surface area contributed by atoms with Gasteiger partial charge in [0.1, 0.15) is 5.75 Å². The molecule has 0 spiro atoms. The average molecular weight is 284 g/mol. The number of rotatable bonds is 3. The van der Waals surface area contributed by atoms with E-state index in [-0.39, 0.29) is 11.2 Å². The molecule has 0 saturated heterocycles. The van der Waals surface area contributed by atoms with E-state index < -0.39 is 0 Å². The Bertz CT molecular complexity index is 669. The highest BCUT2D eigenvalue weighted by atomic mass is 16.5. The van der Waals surface area contributed by atoms with Gasteiger partial charge in [0.2, 0.25) is 0 Å². The van der Waals surface area contributed by atoms with Crippen LogP contribution in [0.15, 0.2) is 30.5 Å². The summed E-state index contributed by atoms with van der Waals surface area (Å²) < 4.78 is 7.12. The molecular weight excluding hydrogens is 264 g/mol. The van der Waals surface area contributed by atoms with E-state index >= 15 is 0 Å². The van der Waals surface area contributed by atoms with Crippen LogP contribution in [0.2, 0.25) is 0 Å². The molecule has 0 N–H and O–H groups in total. The van der Waals surface area contributed by atoms with Gasteiger partial charge in [-0.3, -0.25) is 9.48 Å². The summed E-state index contributed by atoms with van der Waals surface area (Å²) in [6, 6.07) is 7.95. The molecule has 4 heteroatoms. The number of ether oxygens (including phenoxy) is 1. The first kappa shape index (κ1) is 13.9. The van der Waals surface area contributed by atoms with Crippen LogP contribution >= 0.6 is 0 Å². The van der Waals surface area contributed by atoms with Gasteiger partial charge in [-0.25, -0.2) is 0 Å². The highest BCUT2D eigenvalue weighted by Gasteiger charge is 2.33. The van der Waals surface area contributed by atoms with E-state index in [0.717, 1.165) is 29.0 Å². The van der Waals surface area contributed by atoms with Crippen LogP contribution in [0.3, 0.4) is 0 Å². The van der Waals surface area contributed by atoms with Gasteiger partial charge in [0.25, 0.3) is 0 Å². The summed E-state index contributed by atoms with van der Waals surface area (Å²) in [6.45, 7) is 4.96. The predicted octanol–water partition coefficient (Wildman–Crippen LogP) is 3.10. The SMILES string of the molecule is COc1ccc(Cn2ncc3c2CC(C)(C)CC3=O)cc1. The fourth-order valence-corrected chi connectivity index (χ4v) is 2.92. The van der Waals surface area contributed by atoms with Crippen molar-refractivity contribution in [2.75, 3.05) is 7.11 Å². The minimum atomic E-state index is 0.0156. The average Bonchev–Trinajstić information content (AvgIpc) is 2.81. The molecule has 0 fully saturated rings. The molecular formula is C17H20N2O2. The van der Waals surface area contributed by atoms with Crippen LogP contribution < -0.4 is 4.74 Å². The van der Waals surface area contributed by atoms with Crippen molar-refractivity contribution in [3.8, 4) is 5.75 Å². The van der Waals surface area contributed by atoms with E-state index in [1.54, 1.807) is 13.3 Å². The molecule has 1 aromatic carbocycles. The zero-order valence-electron chi connectivity index (χ0n) is 12.7. The van der Waals surface area contributed by atoms with Crippen molar-refractivity contribution >= 4 is 5.78 Å². The third-order valence-electron chi connectivity index (χ3n) is 4.03. The monoisotopic (exact) mass is 284 g/mol. The third-order valence-corrected chi connectivity index (χ3v) is 4.03. The highest BCUT2D eigenvalue weighted by molar-refractivity contribution is 5.98. The van der Waals surface area contributed by atoms with E-state index in [2.05, 4.69) is 18.9 Å². The highest BCUT2D eigenvalue weighted by Crippen LogP contribution is 2.34. The van der Waals surface area contributed by atoms with Crippen LogP contribution in [0.1, 0.15) is 41.9 Å². The Hall–Kier alpha value is -2.10. The fourth-order valence-electron chi connectivity index (χ4n) is 2.92. The smallest absolute Gasteiger partial charge is 0.166 e. The Morgan fingerprint density at radius 3 is 2.62 bits per heavy atom. The lowest BCUT2D eigenvalue weighted by molar-refractivity contribution is 0.0910. The molecule has 0 atom stereocenters. The van der Waals surface area contributed by atoms with E-state index in [0.29, 0.717) is 13.0 Å². The molecule has 1 aromatic heterocycles. The van der Waals surface area contributed by atoms with Crippen molar-refractivity contribution in [3.05, 3.63) is 47.3 Å². The van der Waals surface area contributed by atoms with Crippen LogP contribution in [0, 0.1) is 5.41 Å². The topological polar surface area (TPSA) is 44.1 Å². The van der Waals surface area contributed by atoms with Gasteiger partial charge in [0, 0.05) is 6.42 Å².